The van der Waals surface area contributed by atoms with E-state index in [1.54, 1.807) is 4.68 Å². The van der Waals surface area contributed by atoms with Crippen molar-refractivity contribution in [2.45, 2.75) is 27.7 Å². The number of carbonyl (C=O) groups excluding carboxylic acids is 1. The summed E-state index contributed by atoms with van der Waals surface area (Å²) >= 11 is 0. The first kappa shape index (κ1) is 18.6. The number of hydrogen-bond acceptors (Lipinski definition) is 5. The summed E-state index contributed by atoms with van der Waals surface area (Å²) in [6, 6.07) is 11.4. The van der Waals surface area contributed by atoms with Crippen LogP contribution in [0.5, 0.6) is 0 Å². The van der Waals surface area contributed by atoms with Gasteiger partial charge in [0.2, 0.25) is 0 Å². The van der Waals surface area contributed by atoms with Gasteiger partial charge >= 0.3 is 0 Å². The number of carbonyl (C=O) groups is 1. The Hall–Kier alpha value is -3.22. The lowest BCUT2D eigenvalue weighted by Gasteiger charge is -2.11. The molecule has 2 N–H and O–H groups in total. The van der Waals surface area contributed by atoms with E-state index in [4.69, 9.17) is 0 Å². The molecule has 3 rings (SSSR count). The van der Waals surface area contributed by atoms with E-state index in [0.717, 1.165) is 22.8 Å². The highest BCUT2D eigenvalue weighted by molar-refractivity contribution is 5.95. The van der Waals surface area contributed by atoms with Gasteiger partial charge in [-0.05, 0) is 45.4 Å². The van der Waals surface area contributed by atoms with Crippen LogP contribution in [0.2, 0.25) is 0 Å². The second-order valence-electron chi connectivity index (χ2n) is 6.50. The van der Waals surface area contributed by atoms with Crippen LogP contribution < -0.4 is 10.6 Å². The summed E-state index contributed by atoms with van der Waals surface area (Å²) in [7, 11) is 0. The fourth-order valence-electron chi connectivity index (χ4n) is 2.90. The highest BCUT2D eigenvalue weighted by atomic mass is 16.1. The van der Waals surface area contributed by atoms with Crippen LogP contribution >= 0.6 is 0 Å². The topological polar surface area (TPSA) is 84.7 Å². The van der Waals surface area contributed by atoms with Gasteiger partial charge in [0.1, 0.15) is 11.6 Å². The molecule has 0 fully saturated rings. The summed E-state index contributed by atoms with van der Waals surface area (Å²) in [6.07, 6.45) is 0. The SMILES string of the molecule is Cc1cc(C)n(-c2cc(NCCNC(=O)c3ccccc3C)nc(C)n2)n1. The maximum atomic E-state index is 12.2. The van der Waals surface area contributed by atoms with Gasteiger partial charge in [0.25, 0.3) is 5.91 Å². The van der Waals surface area contributed by atoms with Gasteiger partial charge in [-0.25, -0.2) is 14.6 Å². The molecular weight excluding hydrogens is 340 g/mol. The van der Waals surface area contributed by atoms with Crippen molar-refractivity contribution in [2.24, 2.45) is 0 Å². The van der Waals surface area contributed by atoms with Gasteiger partial charge in [0, 0.05) is 30.4 Å². The van der Waals surface area contributed by atoms with Crippen molar-refractivity contribution in [1.82, 2.24) is 25.1 Å². The smallest absolute Gasteiger partial charge is 0.251 e. The summed E-state index contributed by atoms with van der Waals surface area (Å²) in [5, 5.41) is 10.6. The molecule has 0 bridgehead atoms. The highest BCUT2D eigenvalue weighted by Crippen LogP contribution is 2.13. The Bertz CT molecular complexity index is 963. The average molecular weight is 364 g/mol. The molecular formula is C20H24N6O. The van der Waals surface area contributed by atoms with Crippen LogP contribution in [0.3, 0.4) is 0 Å². The lowest BCUT2D eigenvalue weighted by molar-refractivity contribution is 0.0954. The number of amides is 1. The third-order valence-electron chi connectivity index (χ3n) is 4.16. The van der Waals surface area contributed by atoms with E-state index >= 15 is 0 Å². The van der Waals surface area contributed by atoms with Gasteiger partial charge in [0.05, 0.1) is 5.69 Å². The predicted octanol–water partition coefficient (Wildman–Crippen LogP) is 2.74. The molecule has 0 saturated carbocycles. The molecule has 27 heavy (non-hydrogen) atoms. The summed E-state index contributed by atoms with van der Waals surface area (Å²) < 4.78 is 1.80. The van der Waals surface area contributed by atoms with E-state index in [2.05, 4.69) is 25.7 Å². The minimum atomic E-state index is -0.0721. The van der Waals surface area contributed by atoms with Crippen molar-refractivity contribution < 1.29 is 4.79 Å². The lowest BCUT2D eigenvalue weighted by atomic mass is 10.1. The van der Waals surface area contributed by atoms with Crippen LogP contribution in [-0.2, 0) is 0 Å². The molecule has 2 aromatic heterocycles. The molecule has 1 aromatic carbocycles. The van der Waals surface area contributed by atoms with Gasteiger partial charge in [-0.3, -0.25) is 4.79 Å². The molecule has 0 atom stereocenters. The van der Waals surface area contributed by atoms with Crippen LogP contribution in [-0.4, -0.2) is 38.7 Å². The quantitative estimate of drug-likeness (QED) is 0.657. The Morgan fingerprint density at radius 1 is 1.04 bits per heavy atom. The van der Waals surface area contributed by atoms with E-state index in [9.17, 15) is 4.79 Å². The number of rotatable bonds is 6. The first-order chi connectivity index (χ1) is 12.9. The number of aryl methyl sites for hydroxylation is 4. The molecule has 0 aliphatic carbocycles. The Morgan fingerprint density at radius 2 is 1.81 bits per heavy atom. The van der Waals surface area contributed by atoms with Crippen LogP contribution in [0.1, 0.15) is 33.1 Å². The van der Waals surface area contributed by atoms with E-state index < -0.39 is 0 Å². The Labute approximate surface area is 158 Å². The van der Waals surface area contributed by atoms with Gasteiger partial charge in [0.15, 0.2) is 5.82 Å². The number of anilines is 1. The molecule has 0 spiro atoms. The Kier molecular flexibility index (Phi) is 5.49. The maximum absolute atomic E-state index is 12.2. The molecule has 0 aliphatic rings. The third kappa shape index (κ3) is 4.49. The third-order valence-corrected chi connectivity index (χ3v) is 4.16. The van der Waals surface area contributed by atoms with Gasteiger partial charge in [-0.15, -0.1) is 0 Å². The summed E-state index contributed by atoms with van der Waals surface area (Å²) in [6.45, 7) is 8.77. The number of hydrogen-bond donors (Lipinski definition) is 2. The molecule has 0 saturated heterocycles. The van der Waals surface area contributed by atoms with Crippen LogP contribution in [0.4, 0.5) is 5.82 Å². The van der Waals surface area contributed by atoms with Gasteiger partial charge in [-0.2, -0.15) is 5.10 Å². The summed E-state index contributed by atoms with van der Waals surface area (Å²) in [4.78, 5) is 21.1. The fraction of sp³-hybridized carbons (Fsp3) is 0.300. The Morgan fingerprint density at radius 3 is 2.52 bits per heavy atom. The van der Waals surface area contributed by atoms with Crippen molar-refractivity contribution >= 4 is 11.7 Å². The monoisotopic (exact) mass is 364 g/mol. The fourth-order valence-corrected chi connectivity index (χ4v) is 2.90. The average Bonchev–Trinajstić information content (AvgIpc) is 2.97. The second-order valence-corrected chi connectivity index (χ2v) is 6.50. The maximum Gasteiger partial charge on any atom is 0.251 e. The first-order valence-electron chi connectivity index (χ1n) is 8.91. The van der Waals surface area contributed by atoms with Crippen LogP contribution in [0.15, 0.2) is 36.4 Å². The van der Waals surface area contributed by atoms with Crippen molar-refractivity contribution in [2.75, 3.05) is 18.4 Å². The van der Waals surface area contributed by atoms with E-state index in [-0.39, 0.29) is 5.91 Å². The van der Waals surface area contributed by atoms with Crippen molar-refractivity contribution in [3.63, 3.8) is 0 Å². The normalized spacial score (nSPS) is 10.7. The number of aromatic nitrogens is 4. The Balaban J connectivity index is 1.61. The zero-order valence-electron chi connectivity index (χ0n) is 16.1. The van der Waals surface area contributed by atoms with Gasteiger partial charge in [-0.1, -0.05) is 18.2 Å². The van der Waals surface area contributed by atoms with Crippen LogP contribution in [0, 0.1) is 27.7 Å². The zero-order chi connectivity index (χ0) is 19.4. The van der Waals surface area contributed by atoms with Crippen molar-refractivity contribution in [1.29, 1.82) is 0 Å². The molecule has 7 nitrogen and oxygen atoms in total. The second kappa shape index (κ2) is 7.99. The summed E-state index contributed by atoms with van der Waals surface area (Å²) in [5.41, 5.74) is 3.62. The molecule has 0 unspecified atom stereocenters. The molecule has 1 amide bonds. The molecule has 0 aliphatic heterocycles. The molecule has 140 valence electrons. The van der Waals surface area contributed by atoms with E-state index in [0.29, 0.717) is 30.3 Å². The van der Waals surface area contributed by atoms with Crippen molar-refractivity contribution in [3.05, 3.63) is 64.7 Å². The largest absolute Gasteiger partial charge is 0.368 e. The molecule has 2 heterocycles. The van der Waals surface area contributed by atoms with E-state index in [1.165, 1.54) is 0 Å². The minimum absolute atomic E-state index is 0.0721. The number of nitrogens with one attached hydrogen (secondary N) is 2. The number of nitrogens with zero attached hydrogens (tertiary/aromatic N) is 4. The van der Waals surface area contributed by atoms with Gasteiger partial charge < -0.3 is 10.6 Å². The molecule has 0 radical (unpaired) electrons. The predicted molar refractivity (Wildman–Crippen MR) is 105 cm³/mol. The zero-order valence-corrected chi connectivity index (χ0v) is 16.1. The standard InChI is InChI=1S/C20H24N6O/c1-13-7-5-6-8-17(13)20(27)22-10-9-21-18-12-19(24-16(4)23-18)26-15(3)11-14(2)25-26/h5-8,11-12H,9-10H2,1-4H3,(H,22,27)(H,21,23,24). The molecule has 3 aromatic rings. The van der Waals surface area contributed by atoms with Crippen LogP contribution in [0.25, 0.3) is 5.82 Å². The first-order valence-corrected chi connectivity index (χ1v) is 8.91. The van der Waals surface area contributed by atoms with Crippen molar-refractivity contribution in [3.8, 4) is 5.82 Å². The minimum Gasteiger partial charge on any atom is -0.368 e. The highest BCUT2D eigenvalue weighted by Gasteiger charge is 2.09. The molecule has 7 heteroatoms. The summed E-state index contributed by atoms with van der Waals surface area (Å²) in [5.74, 6) is 2.01. The lowest BCUT2D eigenvalue weighted by Crippen LogP contribution is -2.29. The van der Waals surface area contributed by atoms with E-state index in [1.807, 2.05) is 64.1 Å². The number of benzene rings is 1.